The van der Waals surface area contributed by atoms with E-state index in [0.29, 0.717) is 17.0 Å². The Morgan fingerprint density at radius 3 is 2.55 bits per heavy atom. The Hall–Kier alpha value is -3.13. The Morgan fingerprint density at radius 2 is 1.90 bits per heavy atom. The number of nitrogen functional groups attached to an aromatic ring is 1. The molecular weight excluding hydrogens is 366 g/mol. The number of hydrogen-bond donors (Lipinski definition) is 2. The van der Waals surface area contributed by atoms with Crippen molar-refractivity contribution >= 4 is 17.2 Å². The van der Waals surface area contributed by atoms with E-state index in [1.165, 1.54) is 0 Å². The van der Waals surface area contributed by atoms with Crippen molar-refractivity contribution in [3.8, 4) is 11.1 Å². The van der Waals surface area contributed by atoms with Gasteiger partial charge in [0.15, 0.2) is 5.82 Å². The minimum absolute atomic E-state index is 0. The smallest absolute Gasteiger partial charge is 0.151 e. The van der Waals surface area contributed by atoms with E-state index in [1.807, 2.05) is 50.8 Å². The summed E-state index contributed by atoms with van der Waals surface area (Å²) in [5.74, 6) is 0.858. The molecule has 0 unspecified atom stereocenters. The van der Waals surface area contributed by atoms with E-state index in [2.05, 4.69) is 28.9 Å². The number of nitrogens with one attached hydrogen (secondary N) is 1. The molecule has 2 atom stereocenters. The summed E-state index contributed by atoms with van der Waals surface area (Å²) in [5, 5.41) is 17.7. The van der Waals surface area contributed by atoms with Crippen LogP contribution in [0, 0.1) is 5.41 Å². The number of aromatic nitrogens is 4. The van der Waals surface area contributed by atoms with Crippen molar-refractivity contribution in [1.82, 2.24) is 19.6 Å². The van der Waals surface area contributed by atoms with Crippen LogP contribution in [0.2, 0.25) is 0 Å². The summed E-state index contributed by atoms with van der Waals surface area (Å²) >= 11 is 0. The number of aryl methyl sites for hydroxylation is 2. The van der Waals surface area contributed by atoms with Gasteiger partial charge < -0.3 is 15.4 Å². The van der Waals surface area contributed by atoms with Gasteiger partial charge in [0.2, 0.25) is 0 Å². The van der Waals surface area contributed by atoms with Crippen LogP contribution in [0.1, 0.15) is 26.5 Å². The predicted octanol–water partition coefficient (Wildman–Crippen LogP) is 2.68. The van der Waals surface area contributed by atoms with Gasteiger partial charge in [0.1, 0.15) is 0 Å². The molecule has 1 aromatic carbocycles. The van der Waals surface area contributed by atoms with Crippen LogP contribution >= 0.6 is 0 Å². The van der Waals surface area contributed by atoms with Crippen LogP contribution in [0.15, 0.2) is 36.7 Å². The van der Waals surface area contributed by atoms with Gasteiger partial charge in [-0.25, -0.2) is 0 Å². The number of ether oxygens (including phenoxy) is 1. The number of anilines is 2. The van der Waals surface area contributed by atoms with E-state index in [-0.39, 0.29) is 13.6 Å². The second-order valence-electron chi connectivity index (χ2n) is 7.75. The second-order valence-corrected chi connectivity index (χ2v) is 7.75. The molecule has 1 saturated heterocycles. The van der Waals surface area contributed by atoms with Crippen LogP contribution in [0.5, 0.6) is 0 Å². The molecule has 0 bridgehead atoms. The molecule has 4 rings (SSSR count). The molecule has 0 amide bonds. The molecule has 2 aromatic heterocycles. The first-order valence-corrected chi connectivity index (χ1v) is 9.74. The van der Waals surface area contributed by atoms with Gasteiger partial charge in [0, 0.05) is 57.7 Å². The fraction of sp³-hybridized carbons (Fsp3) is 0.381. The van der Waals surface area contributed by atoms with E-state index < -0.39 is 0 Å². The Kier molecular flexibility index (Phi) is 4.87. The molecule has 1 aliphatic heterocycles. The zero-order valence-electron chi connectivity index (χ0n) is 17.3. The van der Waals surface area contributed by atoms with Crippen LogP contribution in [-0.4, -0.2) is 50.6 Å². The number of benzene rings is 1. The van der Waals surface area contributed by atoms with E-state index in [1.54, 1.807) is 9.36 Å². The summed E-state index contributed by atoms with van der Waals surface area (Å²) in [4.78, 5) is 2.21. The molecule has 8 nitrogen and oxygen atoms in total. The molecule has 3 N–H and O–H groups in total. The topological polar surface area (TPSA) is 98.0 Å². The zero-order valence-corrected chi connectivity index (χ0v) is 17.3. The molecule has 0 radical (unpaired) electrons. The Labute approximate surface area is 171 Å². The fourth-order valence-electron chi connectivity index (χ4n) is 3.87. The van der Waals surface area contributed by atoms with Gasteiger partial charge in [-0.1, -0.05) is 6.07 Å². The number of hydrogen-bond acceptors (Lipinski definition) is 6. The van der Waals surface area contributed by atoms with Crippen LogP contribution < -0.4 is 10.6 Å². The summed E-state index contributed by atoms with van der Waals surface area (Å²) in [6.45, 7) is 5.71. The van der Waals surface area contributed by atoms with Crippen LogP contribution in [0.25, 0.3) is 11.1 Å². The van der Waals surface area contributed by atoms with Crippen LogP contribution in [0.4, 0.5) is 11.5 Å². The predicted molar refractivity (Wildman–Crippen MR) is 117 cm³/mol. The molecule has 1 aliphatic rings. The van der Waals surface area contributed by atoms with Crippen molar-refractivity contribution in [2.24, 2.45) is 14.1 Å². The van der Waals surface area contributed by atoms with Gasteiger partial charge in [-0.3, -0.25) is 14.8 Å². The summed E-state index contributed by atoms with van der Waals surface area (Å²) < 4.78 is 9.33. The van der Waals surface area contributed by atoms with Crippen molar-refractivity contribution in [3.05, 3.63) is 47.9 Å². The van der Waals surface area contributed by atoms with Gasteiger partial charge in [-0.15, -0.1) is 0 Å². The highest BCUT2D eigenvalue weighted by Gasteiger charge is 2.25. The summed E-state index contributed by atoms with van der Waals surface area (Å²) in [6, 6.07) is 7.70. The summed E-state index contributed by atoms with van der Waals surface area (Å²) in [6.07, 6.45) is 4.05. The van der Waals surface area contributed by atoms with Crippen molar-refractivity contribution in [3.63, 3.8) is 0 Å². The minimum Gasteiger partial charge on any atom is -0.398 e. The van der Waals surface area contributed by atoms with Crippen molar-refractivity contribution in [2.45, 2.75) is 26.1 Å². The first-order chi connectivity index (χ1) is 13.8. The van der Waals surface area contributed by atoms with E-state index in [9.17, 15) is 0 Å². The minimum atomic E-state index is 0. The number of nitrogens with two attached hydrogens (primary N) is 1. The monoisotopic (exact) mass is 395 g/mol. The second kappa shape index (κ2) is 7.36. The molecule has 0 spiro atoms. The first-order valence-electron chi connectivity index (χ1n) is 9.74. The lowest BCUT2D eigenvalue weighted by atomic mass is 9.99. The standard InChI is InChI=1S/C21H27N7O.H2/c1-13-10-28(11-14(2)29-13)20-8-19(27(4)25-20)21(23)17-7-15(5-6-18(17)22)16-9-24-26(3)12-16;/h5-9,12-14,23H,10-11,22H2,1-4H3;1H/t13-,14+;. The van der Waals surface area contributed by atoms with Crippen molar-refractivity contribution < 1.29 is 6.16 Å². The van der Waals surface area contributed by atoms with Gasteiger partial charge in [0.25, 0.3) is 0 Å². The molecule has 3 aromatic rings. The number of nitrogens with zero attached hydrogens (tertiary/aromatic N) is 5. The van der Waals surface area contributed by atoms with Gasteiger partial charge in [0.05, 0.1) is 29.8 Å². The van der Waals surface area contributed by atoms with Crippen molar-refractivity contribution in [1.29, 1.82) is 5.41 Å². The largest absolute Gasteiger partial charge is 0.398 e. The van der Waals surface area contributed by atoms with E-state index in [0.717, 1.165) is 35.7 Å². The molecule has 8 heteroatoms. The lowest BCUT2D eigenvalue weighted by molar-refractivity contribution is -0.00548. The highest BCUT2D eigenvalue weighted by atomic mass is 16.5. The molecule has 3 heterocycles. The quantitative estimate of drug-likeness (QED) is 0.523. The van der Waals surface area contributed by atoms with Gasteiger partial charge in [-0.2, -0.15) is 10.2 Å². The van der Waals surface area contributed by atoms with E-state index >= 15 is 0 Å². The molecule has 0 saturated carbocycles. The lowest BCUT2D eigenvalue weighted by Gasteiger charge is -2.35. The average molecular weight is 396 g/mol. The first kappa shape index (κ1) is 19.2. The molecule has 0 aliphatic carbocycles. The highest BCUT2D eigenvalue weighted by Crippen LogP contribution is 2.27. The van der Waals surface area contributed by atoms with Gasteiger partial charge in [-0.05, 0) is 31.5 Å². The molecule has 1 fully saturated rings. The molecule has 154 valence electrons. The molecular formula is C21H29N7O. The zero-order chi connectivity index (χ0) is 20.7. The average Bonchev–Trinajstić information content (AvgIpc) is 3.27. The number of morpholine rings is 1. The SMILES string of the molecule is C[C@@H]1CN(c2cc(C(=N)c3cc(-c4cnn(C)c4)ccc3N)n(C)n2)C[C@H](C)O1.[HH]. The Balaban J connectivity index is 0.00000256. The fourth-order valence-corrected chi connectivity index (χ4v) is 3.87. The Bertz CT molecular complexity index is 1050. The molecule has 29 heavy (non-hydrogen) atoms. The van der Waals surface area contributed by atoms with Crippen LogP contribution in [0.3, 0.4) is 0 Å². The third-order valence-electron chi connectivity index (χ3n) is 5.23. The number of rotatable bonds is 4. The summed E-state index contributed by atoms with van der Waals surface area (Å²) in [7, 11) is 3.75. The van der Waals surface area contributed by atoms with Gasteiger partial charge >= 0.3 is 0 Å². The summed E-state index contributed by atoms with van der Waals surface area (Å²) in [5.41, 5.74) is 10.5. The third kappa shape index (κ3) is 3.75. The van der Waals surface area contributed by atoms with Crippen molar-refractivity contribution in [2.75, 3.05) is 23.7 Å². The normalized spacial score (nSPS) is 19.5. The maximum absolute atomic E-state index is 8.82. The third-order valence-corrected chi connectivity index (χ3v) is 5.23. The van der Waals surface area contributed by atoms with E-state index in [4.69, 9.17) is 15.9 Å². The lowest BCUT2D eigenvalue weighted by Crippen LogP contribution is -2.45. The maximum Gasteiger partial charge on any atom is 0.151 e. The van der Waals surface area contributed by atoms with Crippen LogP contribution in [-0.2, 0) is 18.8 Å². The maximum atomic E-state index is 8.82. The Morgan fingerprint density at radius 1 is 1.17 bits per heavy atom. The highest BCUT2D eigenvalue weighted by molar-refractivity contribution is 6.13.